The highest BCUT2D eigenvalue weighted by atomic mass is 16.1. The average molecular weight is 163 g/mol. The fourth-order valence-corrected chi connectivity index (χ4v) is 3.06. The fraction of sp³-hybridized carbons (Fsp3) is 0.700. The number of rotatable bonds is 0. The number of hydrogen-bond donors (Lipinski definition) is 0. The van der Waals surface area contributed by atoms with Gasteiger partial charge in [0, 0.05) is 6.04 Å². The van der Waals surface area contributed by atoms with Crippen molar-refractivity contribution in [2.45, 2.75) is 31.3 Å². The molecule has 0 amide bonds. The molecule has 4 unspecified atom stereocenters. The van der Waals surface area contributed by atoms with E-state index in [9.17, 15) is 4.79 Å². The Bertz CT molecular complexity index is 259. The summed E-state index contributed by atoms with van der Waals surface area (Å²) in [5, 5.41) is 0. The van der Waals surface area contributed by atoms with E-state index in [1.807, 2.05) is 0 Å². The summed E-state index contributed by atoms with van der Waals surface area (Å²) < 4.78 is 0. The molecule has 2 heteroatoms. The molecule has 0 spiro atoms. The Morgan fingerprint density at radius 1 is 1.50 bits per heavy atom. The van der Waals surface area contributed by atoms with Gasteiger partial charge in [-0.25, -0.2) is 0 Å². The highest BCUT2D eigenvalue weighted by Gasteiger charge is 2.47. The Kier molecular flexibility index (Phi) is 1.25. The van der Waals surface area contributed by atoms with Crippen molar-refractivity contribution in [3.8, 4) is 0 Å². The van der Waals surface area contributed by atoms with Gasteiger partial charge in [0.15, 0.2) is 5.78 Å². The highest BCUT2D eigenvalue weighted by Crippen LogP contribution is 2.40. The van der Waals surface area contributed by atoms with E-state index in [2.05, 4.69) is 11.0 Å². The first-order valence-corrected chi connectivity index (χ1v) is 4.84. The minimum atomic E-state index is 0.272. The molecule has 2 saturated heterocycles. The van der Waals surface area contributed by atoms with Crippen molar-refractivity contribution in [2.24, 2.45) is 5.92 Å². The van der Waals surface area contributed by atoms with Gasteiger partial charge in [0.25, 0.3) is 0 Å². The second-order valence-corrected chi connectivity index (χ2v) is 4.15. The maximum absolute atomic E-state index is 11.5. The molecule has 0 aromatic heterocycles. The van der Waals surface area contributed by atoms with E-state index >= 15 is 0 Å². The first-order chi connectivity index (χ1) is 5.86. The standard InChI is InChI=1S/C10H13NO/c12-9-4-3-8-6-7-2-1-5-11(8)10(7)9/h3-4,7-8,10H,1-2,5-6H2. The second kappa shape index (κ2) is 2.19. The molecule has 12 heavy (non-hydrogen) atoms. The van der Waals surface area contributed by atoms with E-state index in [-0.39, 0.29) is 6.04 Å². The van der Waals surface area contributed by atoms with Gasteiger partial charge in [-0.2, -0.15) is 0 Å². The van der Waals surface area contributed by atoms with Gasteiger partial charge in [-0.05, 0) is 37.8 Å². The van der Waals surface area contributed by atoms with Crippen molar-refractivity contribution in [2.75, 3.05) is 6.54 Å². The number of carbonyl (C=O) groups excluding carboxylic acids is 1. The second-order valence-electron chi connectivity index (χ2n) is 4.15. The molecule has 0 N–H and O–H groups in total. The first kappa shape index (κ1) is 6.84. The Morgan fingerprint density at radius 2 is 2.42 bits per heavy atom. The molecule has 0 aromatic rings. The minimum absolute atomic E-state index is 0.272. The Hall–Kier alpha value is -0.630. The highest BCUT2D eigenvalue weighted by molar-refractivity contribution is 5.96. The Balaban J connectivity index is 2.03. The van der Waals surface area contributed by atoms with Crippen LogP contribution in [0.2, 0.25) is 0 Å². The van der Waals surface area contributed by atoms with Crippen molar-refractivity contribution in [1.82, 2.24) is 4.90 Å². The van der Waals surface area contributed by atoms with E-state index in [1.54, 1.807) is 6.08 Å². The molecule has 3 aliphatic rings. The van der Waals surface area contributed by atoms with E-state index in [0.717, 1.165) is 6.54 Å². The molecule has 4 atom stereocenters. The Labute approximate surface area is 72.2 Å². The molecule has 2 nitrogen and oxygen atoms in total. The molecule has 4 bridgehead atoms. The third kappa shape index (κ3) is 0.712. The van der Waals surface area contributed by atoms with Crippen LogP contribution in [0.25, 0.3) is 0 Å². The number of nitrogens with zero attached hydrogens (tertiary/aromatic N) is 1. The van der Waals surface area contributed by atoms with Gasteiger partial charge < -0.3 is 0 Å². The van der Waals surface area contributed by atoms with Gasteiger partial charge in [-0.15, -0.1) is 0 Å². The van der Waals surface area contributed by atoms with Crippen molar-refractivity contribution >= 4 is 5.78 Å². The number of ketones is 1. The third-order valence-electron chi connectivity index (χ3n) is 3.54. The summed E-state index contributed by atoms with van der Waals surface area (Å²) in [6.45, 7) is 1.14. The van der Waals surface area contributed by atoms with Crippen molar-refractivity contribution in [3.63, 3.8) is 0 Å². The van der Waals surface area contributed by atoms with Crippen LogP contribution >= 0.6 is 0 Å². The van der Waals surface area contributed by atoms with E-state index in [4.69, 9.17) is 0 Å². The van der Waals surface area contributed by atoms with Gasteiger partial charge >= 0.3 is 0 Å². The van der Waals surface area contributed by atoms with Crippen molar-refractivity contribution < 1.29 is 4.79 Å². The number of carbonyl (C=O) groups is 1. The topological polar surface area (TPSA) is 20.3 Å². The SMILES string of the molecule is O=C1C=CC2CC3CCCN2C13. The van der Waals surface area contributed by atoms with Gasteiger partial charge in [-0.1, -0.05) is 6.08 Å². The predicted octanol–water partition coefficient (Wildman–Crippen LogP) is 0.978. The lowest BCUT2D eigenvalue weighted by Crippen LogP contribution is -2.47. The molecule has 3 heterocycles. The Morgan fingerprint density at radius 3 is 3.25 bits per heavy atom. The molecule has 0 aliphatic carbocycles. The van der Waals surface area contributed by atoms with Gasteiger partial charge in [-0.3, -0.25) is 9.69 Å². The number of hydrogen-bond acceptors (Lipinski definition) is 2. The van der Waals surface area contributed by atoms with Gasteiger partial charge in [0.1, 0.15) is 0 Å². The molecular weight excluding hydrogens is 150 g/mol. The van der Waals surface area contributed by atoms with Crippen molar-refractivity contribution in [3.05, 3.63) is 12.2 Å². The summed E-state index contributed by atoms with van der Waals surface area (Å²) >= 11 is 0. The smallest absolute Gasteiger partial charge is 0.172 e. The predicted molar refractivity (Wildman–Crippen MR) is 45.8 cm³/mol. The largest absolute Gasteiger partial charge is 0.293 e. The van der Waals surface area contributed by atoms with Crippen molar-refractivity contribution in [1.29, 1.82) is 0 Å². The summed E-state index contributed by atoms with van der Waals surface area (Å²) in [5.74, 6) is 1.03. The molecule has 0 radical (unpaired) electrons. The van der Waals surface area contributed by atoms with Crippen LogP contribution in [0.15, 0.2) is 12.2 Å². The van der Waals surface area contributed by atoms with Crippen LogP contribution in [-0.2, 0) is 4.79 Å². The van der Waals surface area contributed by atoms with Crippen LogP contribution in [0, 0.1) is 5.92 Å². The maximum Gasteiger partial charge on any atom is 0.172 e. The summed E-state index contributed by atoms with van der Waals surface area (Å²) in [6.07, 6.45) is 7.69. The molecule has 3 aliphatic heterocycles. The summed E-state index contributed by atoms with van der Waals surface area (Å²) in [5.41, 5.74) is 0. The lowest BCUT2D eigenvalue weighted by atomic mass is 9.90. The number of piperidine rings is 1. The summed E-state index contributed by atoms with van der Waals surface area (Å²) in [4.78, 5) is 13.9. The summed E-state index contributed by atoms with van der Waals surface area (Å²) in [6, 6.07) is 0.869. The monoisotopic (exact) mass is 163 g/mol. The zero-order chi connectivity index (χ0) is 8.13. The van der Waals surface area contributed by atoms with E-state index in [0.29, 0.717) is 17.7 Å². The zero-order valence-electron chi connectivity index (χ0n) is 7.07. The summed E-state index contributed by atoms with van der Waals surface area (Å²) in [7, 11) is 0. The van der Waals surface area contributed by atoms with Crippen LogP contribution in [0.3, 0.4) is 0 Å². The molecule has 0 aromatic carbocycles. The quantitative estimate of drug-likeness (QED) is 0.530. The third-order valence-corrected chi connectivity index (χ3v) is 3.54. The first-order valence-electron chi connectivity index (χ1n) is 4.84. The lowest BCUT2D eigenvalue weighted by Gasteiger charge is -2.34. The van der Waals surface area contributed by atoms with E-state index < -0.39 is 0 Å². The molecule has 64 valence electrons. The molecule has 0 saturated carbocycles. The van der Waals surface area contributed by atoms with Gasteiger partial charge in [0.2, 0.25) is 0 Å². The van der Waals surface area contributed by atoms with Crippen LogP contribution in [0.4, 0.5) is 0 Å². The minimum Gasteiger partial charge on any atom is -0.293 e. The normalized spacial score (nSPS) is 49.8. The van der Waals surface area contributed by atoms with Crippen LogP contribution in [-0.4, -0.2) is 29.3 Å². The molecule has 3 rings (SSSR count). The fourth-order valence-electron chi connectivity index (χ4n) is 3.06. The van der Waals surface area contributed by atoms with Crippen LogP contribution < -0.4 is 0 Å². The average Bonchev–Trinajstić information content (AvgIpc) is 2.24. The zero-order valence-corrected chi connectivity index (χ0v) is 7.07. The molecule has 2 fully saturated rings. The van der Waals surface area contributed by atoms with Gasteiger partial charge in [0.05, 0.1) is 6.04 Å². The molecular formula is C10H13NO. The van der Waals surface area contributed by atoms with E-state index in [1.165, 1.54) is 19.3 Å². The van der Waals surface area contributed by atoms with Crippen LogP contribution in [0.5, 0.6) is 0 Å². The van der Waals surface area contributed by atoms with Crippen LogP contribution in [0.1, 0.15) is 19.3 Å². The lowest BCUT2D eigenvalue weighted by molar-refractivity contribution is -0.121. The maximum atomic E-state index is 11.5.